The summed E-state index contributed by atoms with van der Waals surface area (Å²) in [6, 6.07) is 6.78. The molecule has 0 spiro atoms. The Morgan fingerprint density at radius 2 is 2.24 bits per heavy atom. The first-order valence-corrected chi connectivity index (χ1v) is 8.22. The molecule has 2 atom stereocenters. The Balaban J connectivity index is 2.10. The number of rotatable bonds is 6. The van der Waals surface area contributed by atoms with Crippen LogP contribution in [0.1, 0.15) is 43.4 Å². The zero-order valence-electron chi connectivity index (χ0n) is 14.0. The molecule has 1 aliphatic heterocycles. The minimum atomic E-state index is 0.329. The van der Waals surface area contributed by atoms with E-state index in [-0.39, 0.29) is 0 Å². The van der Waals surface area contributed by atoms with Gasteiger partial charge in [-0.05, 0) is 45.3 Å². The van der Waals surface area contributed by atoms with Crippen molar-refractivity contribution in [2.24, 2.45) is 5.92 Å². The van der Waals surface area contributed by atoms with Crippen LogP contribution in [0.3, 0.4) is 0 Å². The van der Waals surface area contributed by atoms with Crippen LogP contribution in [0.4, 0.5) is 0 Å². The molecular formula is C18H30N2O. The Labute approximate surface area is 129 Å². The van der Waals surface area contributed by atoms with Crippen molar-refractivity contribution >= 4 is 0 Å². The van der Waals surface area contributed by atoms with Gasteiger partial charge in [0.05, 0.1) is 7.11 Å². The molecule has 21 heavy (non-hydrogen) atoms. The lowest BCUT2D eigenvalue weighted by Crippen LogP contribution is -2.40. The van der Waals surface area contributed by atoms with E-state index in [2.05, 4.69) is 42.3 Å². The molecule has 0 amide bonds. The second kappa shape index (κ2) is 7.81. The third kappa shape index (κ3) is 4.21. The van der Waals surface area contributed by atoms with Crippen molar-refractivity contribution in [3.05, 3.63) is 29.3 Å². The van der Waals surface area contributed by atoms with E-state index < -0.39 is 0 Å². The summed E-state index contributed by atoms with van der Waals surface area (Å²) in [5.74, 6) is 1.86. The minimum Gasteiger partial charge on any atom is -0.496 e. The predicted molar refractivity (Wildman–Crippen MR) is 89.0 cm³/mol. The third-order valence-corrected chi connectivity index (χ3v) is 4.73. The van der Waals surface area contributed by atoms with E-state index in [1.165, 1.54) is 43.5 Å². The van der Waals surface area contributed by atoms with Crippen molar-refractivity contribution in [1.82, 2.24) is 10.2 Å². The predicted octanol–water partition coefficient (Wildman–Crippen LogP) is 3.39. The molecule has 3 heteroatoms. The average Bonchev–Trinajstić information content (AvgIpc) is 2.52. The second-order valence-electron chi connectivity index (χ2n) is 6.26. The molecule has 1 aromatic carbocycles. The number of piperidine rings is 1. The summed E-state index contributed by atoms with van der Waals surface area (Å²) in [4.78, 5) is 2.61. The molecule has 0 bridgehead atoms. The largest absolute Gasteiger partial charge is 0.496 e. The van der Waals surface area contributed by atoms with Crippen LogP contribution in [0.2, 0.25) is 0 Å². The third-order valence-electron chi connectivity index (χ3n) is 4.73. The van der Waals surface area contributed by atoms with Gasteiger partial charge in [-0.1, -0.05) is 31.0 Å². The summed E-state index contributed by atoms with van der Waals surface area (Å²) < 4.78 is 5.56. The number of methoxy groups -OCH3 is 1. The number of nitrogens with zero attached hydrogens (tertiary/aromatic N) is 1. The van der Waals surface area contributed by atoms with E-state index in [1.54, 1.807) is 7.11 Å². The highest BCUT2D eigenvalue weighted by Gasteiger charge is 2.23. The lowest BCUT2D eigenvalue weighted by atomic mass is 9.94. The molecule has 0 saturated carbocycles. The smallest absolute Gasteiger partial charge is 0.123 e. The molecule has 1 N–H and O–H groups in total. The maximum atomic E-state index is 5.56. The van der Waals surface area contributed by atoms with Crippen LogP contribution in [0.25, 0.3) is 0 Å². The standard InChI is InChI=1S/C18H30N2O/c1-5-15-7-6-10-20(12-15)13-17(19-3)16-11-14(2)8-9-18(16)21-4/h8-9,11,15,17,19H,5-7,10,12-13H2,1-4H3. The van der Waals surface area contributed by atoms with Gasteiger partial charge in [0.2, 0.25) is 0 Å². The van der Waals surface area contributed by atoms with Gasteiger partial charge in [-0.15, -0.1) is 0 Å². The molecule has 2 rings (SSSR count). The van der Waals surface area contributed by atoms with Gasteiger partial charge < -0.3 is 15.0 Å². The SMILES string of the molecule is CCC1CCCN(CC(NC)c2cc(C)ccc2OC)C1. The van der Waals surface area contributed by atoms with Crippen molar-refractivity contribution < 1.29 is 4.74 Å². The van der Waals surface area contributed by atoms with Gasteiger partial charge >= 0.3 is 0 Å². The average molecular weight is 290 g/mol. The monoisotopic (exact) mass is 290 g/mol. The van der Waals surface area contributed by atoms with E-state index in [0.717, 1.165) is 18.2 Å². The Hall–Kier alpha value is -1.06. The van der Waals surface area contributed by atoms with E-state index in [9.17, 15) is 0 Å². The van der Waals surface area contributed by atoms with E-state index >= 15 is 0 Å². The first-order chi connectivity index (χ1) is 10.2. The van der Waals surface area contributed by atoms with Crippen LogP contribution in [0.5, 0.6) is 5.75 Å². The summed E-state index contributed by atoms with van der Waals surface area (Å²) in [7, 11) is 3.81. The van der Waals surface area contributed by atoms with Gasteiger partial charge in [0.25, 0.3) is 0 Å². The Morgan fingerprint density at radius 1 is 1.43 bits per heavy atom. The highest BCUT2D eigenvalue weighted by atomic mass is 16.5. The molecule has 0 aromatic heterocycles. The van der Waals surface area contributed by atoms with Crippen molar-refractivity contribution in [2.45, 2.75) is 39.2 Å². The van der Waals surface area contributed by atoms with Crippen molar-refractivity contribution in [3.63, 3.8) is 0 Å². The molecular weight excluding hydrogens is 260 g/mol. The summed E-state index contributed by atoms with van der Waals surface area (Å²) in [6.07, 6.45) is 4.03. The fourth-order valence-electron chi connectivity index (χ4n) is 3.38. The highest BCUT2D eigenvalue weighted by molar-refractivity contribution is 5.39. The molecule has 2 unspecified atom stereocenters. The quantitative estimate of drug-likeness (QED) is 0.869. The number of benzene rings is 1. The second-order valence-corrected chi connectivity index (χ2v) is 6.26. The van der Waals surface area contributed by atoms with Crippen molar-refractivity contribution in [2.75, 3.05) is 33.8 Å². The normalized spacial score (nSPS) is 21.2. The Morgan fingerprint density at radius 3 is 2.90 bits per heavy atom. The molecule has 1 aromatic rings. The molecule has 0 aliphatic carbocycles. The number of aryl methyl sites for hydroxylation is 1. The Kier molecular flexibility index (Phi) is 6.07. The van der Waals surface area contributed by atoms with Gasteiger partial charge in [0.15, 0.2) is 0 Å². The van der Waals surface area contributed by atoms with Gasteiger partial charge in [-0.3, -0.25) is 0 Å². The highest BCUT2D eigenvalue weighted by Crippen LogP contribution is 2.28. The number of nitrogens with one attached hydrogen (secondary N) is 1. The van der Waals surface area contributed by atoms with E-state index in [1.807, 2.05) is 7.05 Å². The molecule has 1 saturated heterocycles. The molecule has 3 nitrogen and oxygen atoms in total. The maximum absolute atomic E-state index is 5.56. The van der Waals surface area contributed by atoms with Crippen LogP contribution in [0, 0.1) is 12.8 Å². The van der Waals surface area contributed by atoms with Crippen LogP contribution < -0.4 is 10.1 Å². The first-order valence-electron chi connectivity index (χ1n) is 8.22. The van der Waals surface area contributed by atoms with Crippen molar-refractivity contribution in [3.8, 4) is 5.75 Å². The fourth-order valence-corrected chi connectivity index (χ4v) is 3.38. The van der Waals surface area contributed by atoms with Crippen LogP contribution >= 0.6 is 0 Å². The molecule has 1 fully saturated rings. The number of likely N-dealkylation sites (N-methyl/N-ethyl adjacent to an activating group) is 1. The molecule has 0 radical (unpaired) electrons. The van der Waals surface area contributed by atoms with Gasteiger partial charge in [-0.25, -0.2) is 0 Å². The van der Waals surface area contributed by atoms with Crippen molar-refractivity contribution in [1.29, 1.82) is 0 Å². The topological polar surface area (TPSA) is 24.5 Å². The van der Waals surface area contributed by atoms with E-state index in [0.29, 0.717) is 6.04 Å². The van der Waals surface area contributed by atoms with Gasteiger partial charge in [0.1, 0.15) is 5.75 Å². The first kappa shape index (κ1) is 16.3. The maximum Gasteiger partial charge on any atom is 0.123 e. The van der Waals surface area contributed by atoms with Crippen LogP contribution in [-0.4, -0.2) is 38.7 Å². The van der Waals surface area contributed by atoms with Crippen LogP contribution in [-0.2, 0) is 0 Å². The number of hydrogen-bond acceptors (Lipinski definition) is 3. The summed E-state index contributed by atoms with van der Waals surface area (Å²) in [5, 5.41) is 3.48. The van der Waals surface area contributed by atoms with Gasteiger partial charge in [0, 0.05) is 24.7 Å². The summed E-state index contributed by atoms with van der Waals surface area (Å²) in [6.45, 7) is 7.98. The zero-order valence-corrected chi connectivity index (χ0v) is 14.0. The Bertz CT molecular complexity index is 447. The molecule has 1 aliphatic rings. The number of ether oxygens (including phenoxy) is 1. The zero-order chi connectivity index (χ0) is 15.2. The molecule has 118 valence electrons. The van der Waals surface area contributed by atoms with Gasteiger partial charge in [-0.2, -0.15) is 0 Å². The lowest BCUT2D eigenvalue weighted by molar-refractivity contribution is 0.157. The minimum absolute atomic E-state index is 0.329. The van der Waals surface area contributed by atoms with Crippen LogP contribution in [0.15, 0.2) is 18.2 Å². The molecule has 1 heterocycles. The van der Waals surface area contributed by atoms with E-state index in [4.69, 9.17) is 4.74 Å². The fraction of sp³-hybridized carbons (Fsp3) is 0.667. The number of hydrogen-bond donors (Lipinski definition) is 1. The number of likely N-dealkylation sites (tertiary alicyclic amines) is 1. The summed E-state index contributed by atoms with van der Waals surface area (Å²) >= 11 is 0. The summed E-state index contributed by atoms with van der Waals surface area (Å²) in [5.41, 5.74) is 2.56. The lowest BCUT2D eigenvalue weighted by Gasteiger charge is -2.35.